The highest BCUT2D eigenvalue weighted by atomic mass is 32.1. The van der Waals surface area contributed by atoms with Crippen LogP contribution >= 0.6 is 11.3 Å². The second kappa shape index (κ2) is 5.87. The van der Waals surface area contributed by atoms with E-state index in [0.717, 1.165) is 11.3 Å². The highest BCUT2D eigenvalue weighted by Gasteiger charge is 2.19. The molecule has 0 bridgehead atoms. The van der Waals surface area contributed by atoms with E-state index in [2.05, 4.69) is 15.5 Å². The number of rotatable bonds is 5. The van der Waals surface area contributed by atoms with Crippen molar-refractivity contribution in [3.05, 3.63) is 33.6 Å². The molecule has 0 aromatic carbocycles. The van der Waals surface area contributed by atoms with Gasteiger partial charge in [-0.2, -0.15) is 4.98 Å². The van der Waals surface area contributed by atoms with Crippen LogP contribution in [-0.4, -0.2) is 22.6 Å². The number of hydrogen-bond acceptors (Lipinski definition) is 5. The highest BCUT2D eigenvalue weighted by molar-refractivity contribution is 7.10. The number of nitrogens with zero attached hydrogens (tertiary/aromatic N) is 2. The molecule has 2 rings (SSSR count). The Hall–Kier alpha value is -1.83. The van der Waals surface area contributed by atoms with Gasteiger partial charge in [-0.25, -0.2) is 8.78 Å². The lowest BCUT2D eigenvalue weighted by Crippen LogP contribution is -2.26. The summed E-state index contributed by atoms with van der Waals surface area (Å²) in [4.78, 5) is 15.5. The summed E-state index contributed by atoms with van der Waals surface area (Å²) in [6, 6.07) is 1.39. The van der Waals surface area contributed by atoms with E-state index in [-0.39, 0.29) is 17.0 Å². The van der Waals surface area contributed by atoms with Gasteiger partial charge in [0.05, 0.1) is 10.4 Å². The predicted molar refractivity (Wildman–Crippen MR) is 64.3 cm³/mol. The maximum atomic E-state index is 12.6. The molecule has 0 fully saturated rings. The molecule has 1 N–H and O–H groups in total. The fourth-order valence-corrected chi connectivity index (χ4v) is 2.24. The Labute approximate surface area is 111 Å². The zero-order valence-electron chi connectivity index (χ0n) is 10.0. The van der Waals surface area contributed by atoms with E-state index in [0.29, 0.717) is 18.1 Å². The van der Waals surface area contributed by atoms with Crippen molar-refractivity contribution in [3.8, 4) is 0 Å². The SMILES string of the molecule is Cc1noc(CCNC(=O)c2ccsc2C(F)F)n1. The first-order chi connectivity index (χ1) is 9.08. The number of carbonyl (C=O) groups excluding carboxylic acids is 1. The third-order valence-electron chi connectivity index (χ3n) is 2.33. The largest absolute Gasteiger partial charge is 0.351 e. The van der Waals surface area contributed by atoms with Gasteiger partial charge in [-0.1, -0.05) is 5.16 Å². The van der Waals surface area contributed by atoms with Gasteiger partial charge in [-0.3, -0.25) is 4.79 Å². The number of hydrogen-bond donors (Lipinski definition) is 1. The smallest absolute Gasteiger partial charge is 0.273 e. The molecular weight excluding hydrogens is 276 g/mol. The number of nitrogens with one attached hydrogen (secondary N) is 1. The third-order valence-corrected chi connectivity index (χ3v) is 3.26. The number of halogens is 2. The number of thiophene rings is 1. The van der Waals surface area contributed by atoms with Crippen LogP contribution in [0.15, 0.2) is 16.0 Å². The van der Waals surface area contributed by atoms with E-state index in [1.165, 1.54) is 11.4 Å². The van der Waals surface area contributed by atoms with Crippen LogP contribution in [0.25, 0.3) is 0 Å². The Balaban J connectivity index is 1.89. The molecule has 8 heteroatoms. The zero-order chi connectivity index (χ0) is 13.8. The minimum atomic E-state index is -2.64. The normalized spacial score (nSPS) is 10.9. The Morgan fingerprint density at radius 1 is 1.58 bits per heavy atom. The summed E-state index contributed by atoms with van der Waals surface area (Å²) in [5.41, 5.74) is 0.0155. The quantitative estimate of drug-likeness (QED) is 0.916. The molecule has 0 saturated carbocycles. The highest BCUT2D eigenvalue weighted by Crippen LogP contribution is 2.28. The van der Waals surface area contributed by atoms with Crippen molar-refractivity contribution in [3.63, 3.8) is 0 Å². The van der Waals surface area contributed by atoms with Crippen molar-refractivity contribution in [1.82, 2.24) is 15.5 Å². The molecule has 0 atom stereocenters. The summed E-state index contributed by atoms with van der Waals surface area (Å²) in [6.45, 7) is 1.94. The van der Waals surface area contributed by atoms with Crippen LogP contribution in [0.4, 0.5) is 8.78 Å². The Morgan fingerprint density at radius 2 is 2.37 bits per heavy atom. The zero-order valence-corrected chi connectivity index (χ0v) is 10.8. The van der Waals surface area contributed by atoms with Crippen molar-refractivity contribution >= 4 is 17.2 Å². The van der Waals surface area contributed by atoms with E-state index in [4.69, 9.17) is 4.52 Å². The molecule has 0 aliphatic carbocycles. The molecule has 0 aliphatic heterocycles. The monoisotopic (exact) mass is 287 g/mol. The average Bonchev–Trinajstić information content (AvgIpc) is 2.97. The first-order valence-electron chi connectivity index (χ1n) is 5.51. The molecule has 0 radical (unpaired) electrons. The molecule has 5 nitrogen and oxygen atoms in total. The van der Waals surface area contributed by atoms with Gasteiger partial charge < -0.3 is 9.84 Å². The lowest BCUT2D eigenvalue weighted by molar-refractivity contribution is 0.0942. The van der Waals surface area contributed by atoms with Crippen LogP contribution in [-0.2, 0) is 6.42 Å². The molecule has 2 heterocycles. The number of aryl methyl sites for hydroxylation is 1. The molecule has 19 heavy (non-hydrogen) atoms. The van der Waals surface area contributed by atoms with E-state index in [9.17, 15) is 13.6 Å². The van der Waals surface area contributed by atoms with Gasteiger partial charge in [0.25, 0.3) is 12.3 Å². The van der Waals surface area contributed by atoms with E-state index in [1.807, 2.05) is 0 Å². The van der Waals surface area contributed by atoms with Gasteiger partial charge in [0.2, 0.25) is 5.89 Å². The van der Waals surface area contributed by atoms with Gasteiger partial charge in [0.15, 0.2) is 5.82 Å². The molecule has 1 amide bonds. The van der Waals surface area contributed by atoms with Crippen molar-refractivity contribution in [2.24, 2.45) is 0 Å². The van der Waals surface area contributed by atoms with Gasteiger partial charge >= 0.3 is 0 Å². The van der Waals surface area contributed by atoms with E-state index < -0.39 is 12.3 Å². The summed E-state index contributed by atoms with van der Waals surface area (Å²) in [7, 11) is 0. The van der Waals surface area contributed by atoms with Crippen LogP contribution in [0.2, 0.25) is 0 Å². The molecule has 2 aromatic heterocycles. The fourth-order valence-electron chi connectivity index (χ4n) is 1.50. The van der Waals surface area contributed by atoms with Gasteiger partial charge in [-0.05, 0) is 18.4 Å². The van der Waals surface area contributed by atoms with Crippen LogP contribution in [0.5, 0.6) is 0 Å². The Morgan fingerprint density at radius 3 is 3.00 bits per heavy atom. The van der Waals surface area contributed by atoms with Crippen LogP contribution in [0, 0.1) is 6.92 Å². The molecule has 0 unspecified atom stereocenters. The predicted octanol–water partition coefficient (Wildman–Crippen LogP) is 2.35. The van der Waals surface area contributed by atoms with Crippen LogP contribution in [0.1, 0.15) is 33.4 Å². The van der Waals surface area contributed by atoms with Crippen molar-refractivity contribution < 1.29 is 18.1 Å². The minimum Gasteiger partial charge on any atom is -0.351 e. The summed E-state index contributed by atoms with van der Waals surface area (Å²) < 4.78 is 30.1. The molecule has 102 valence electrons. The lowest BCUT2D eigenvalue weighted by atomic mass is 10.2. The molecule has 2 aromatic rings. The minimum absolute atomic E-state index is 0.0155. The van der Waals surface area contributed by atoms with Gasteiger partial charge in [0, 0.05) is 13.0 Å². The first kappa shape index (κ1) is 13.6. The summed E-state index contributed by atoms with van der Waals surface area (Å²) in [5, 5.41) is 7.62. The van der Waals surface area contributed by atoms with E-state index in [1.54, 1.807) is 6.92 Å². The maximum absolute atomic E-state index is 12.6. The molecule has 0 aliphatic rings. The Bertz CT molecular complexity index is 568. The third kappa shape index (κ3) is 3.34. The summed E-state index contributed by atoms with van der Waals surface area (Å²) >= 11 is 0.867. The van der Waals surface area contributed by atoms with Crippen LogP contribution < -0.4 is 5.32 Å². The van der Waals surface area contributed by atoms with Crippen molar-refractivity contribution in [2.75, 3.05) is 6.54 Å². The topological polar surface area (TPSA) is 68.0 Å². The number of aromatic nitrogens is 2. The summed E-state index contributed by atoms with van der Waals surface area (Å²) in [5.74, 6) is 0.393. The van der Waals surface area contributed by atoms with Gasteiger partial charge in [0.1, 0.15) is 0 Å². The second-order valence-electron chi connectivity index (χ2n) is 3.74. The van der Waals surface area contributed by atoms with Crippen molar-refractivity contribution in [1.29, 1.82) is 0 Å². The average molecular weight is 287 g/mol. The number of alkyl halides is 2. The molecular formula is C11H11F2N3O2S. The second-order valence-corrected chi connectivity index (χ2v) is 4.69. The van der Waals surface area contributed by atoms with E-state index >= 15 is 0 Å². The van der Waals surface area contributed by atoms with Gasteiger partial charge in [-0.15, -0.1) is 11.3 Å². The van der Waals surface area contributed by atoms with Crippen molar-refractivity contribution in [2.45, 2.75) is 19.8 Å². The maximum Gasteiger partial charge on any atom is 0.273 e. The first-order valence-corrected chi connectivity index (χ1v) is 6.39. The Kier molecular flexibility index (Phi) is 4.20. The molecule has 0 saturated heterocycles. The fraction of sp³-hybridized carbons (Fsp3) is 0.364. The standard InChI is InChI=1S/C11H11F2N3O2S/c1-6-15-8(18-16-6)2-4-14-11(17)7-3-5-19-9(7)10(12)13/h3,5,10H,2,4H2,1H3,(H,14,17). The number of amides is 1. The van der Waals surface area contributed by atoms with Crippen LogP contribution in [0.3, 0.4) is 0 Å². The lowest BCUT2D eigenvalue weighted by Gasteiger charge is -2.04. The molecule has 0 spiro atoms. The number of carbonyl (C=O) groups is 1. The summed E-state index contributed by atoms with van der Waals surface area (Å²) in [6.07, 6.45) is -2.28.